The lowest BCUT2D eigenvalue weighted by Crippen LogP contribution is -2.12. The van der Waals surface area contributed by atoms with Crippen LogP contribution in [0.3, 0.4) is 0 Å². The number of benzene rings is 1. The van der Waals surface area contributed by atoms with Crippen LogP contribution in [0.4, 0.5) is 5.69 Å². The average Bonchev–Trinajstić information content (AvgIpc) is 2.38. The van der Waals surface area contributed by atoms with Crippen molar-refractivity contribution in [2.45, 2.75) is 13.3 Å². The molecule has 0 aromatic heterocycles. The van der Waals surface area contributed by atoms with E-state index >= 15 is 0 Å². The number of rotatable bonds is 3. The van der Waals surface area contributed by atoms with Gasteiger partial charge in [-0.25, -0.2) is 4.99 Å². The van der Waals surface area contributed by atoms with Gasteiger partial charge in [0.05, 0.1) is 5.69 Å². The second kappa shape index (κ2) is 6.71. The van der Waals surface area contributed by atoms with Crippen LogP contribution in [0.2, 0.25) is 0 Å². The molecule has 1 N–H and O–H groups in total. The fraction of sp³-hybridized carbons (Fsp3) is 0.250. The van der Waals surface area contributed by atoms with E-state index in [-0.39, 0.29) is 5.78 Å². The van der Waals surface area contributed by atoms with E-state index in [0.717, 1.165) is 0 Å². The van der Waals surface area contributed by atoms with Crippen molar-refractivity contribution in [2.75, 3.05) is 6.26 Å². The number of nitrogens with zero attached hydrogens (tertiary/aromatic N) is 2. The standard InChI is InChI=1S/C12H13N3OS/c1-3-11(16)9-4-6-10(7-5-9)15-12(17-2)14-8-13/h4-7H,3H2,1-2H3,(H,14,15). The van der Waals surface area contributed by atoms with Gasteiger partial charge >= 0.3 is 0 Å². The van der Waals surface area contributed by atoms with Gasteiger partial charge in [0.25, 0.3) is 0 Å². The molecule has 0 amide bonds. The van der Waals surface area contributed by atoms with Crippen LogP contribution < -0.4 is 5.32 Å². The predicted molar refractivity (Wildman–Crippen MR) is 70.4 cm³/mol. The van der Waals surface area contributed by atoms with Gasteiger partial charge in [-0.2, -0.15) is 5.26 Å². The van der Waals surface area contributed by atoms with Crippen molar-refractivity contribution in [1.29, 1.82) is 5.26 Å². The molecular formula is C12H13N3OS. The van der Waals surface area contributed by atoms with E-state index in [1.165, 1.54) is 11.8 Å². The molecule has 1 aromatic rings. The first-order chi connectivity index (χ1) is 8.21. The first-order valence-electron chi connectivity index (χ1n) is 5.12. The summed E-state index contributed by atoms with van der Waals surface area (Å²) < 4.78 is 0. The Balaban J connectivity index is 2.88. The van der Waals surface area contributed by atoms with Crippen LogP contribution in [0.25, 0.3) is 0 Å². The minimum absolute atomic E-state index is 0.112. The van der Waals surface area contributed by atoms with Gasteiger partial charge in [-0.3, -0.25) is 10.1 Å². The summed E-state index contributed by atoms with van der Waals surface area (Å²) in [5.74, 6) is 0.112. The van der Waals surface area contributed by atoms with Crippen LogP contribution in [0, 0.1) is 11.5 Å². The summed E-state index contributed by atoms with van der Waals surface area (Å²) in [5.41, 5.74) is 1.40. The maximum absolute atomic E-state index is 11.4. The van der Waals surface area contributed by atoms with E-state index < -0.39 is 0 Å². The molecule has 0 spiro atoms. The molecule has 0 fully saturated rings. The fourth-order valence-electron chi connectivity index (χ4n) is 1.22. The molecule has 0 heterocycles. The lowest BCUT2D eigenvalue weighted by atomic mass is 10.1. The Kier molecular flexibility index (Phi) is 5.24. The molecular weight excluding hydrogens is 234 g/mol. The molecule has 5 heteroatoms. The van der Waals surface area contributed by atoms with E-state index in [9.17, 15) is 4.79 Å². The van der Waals surface area contributed by atoms with Crippen molar-refractivity contribution < 1.29 is 4.79 Å². The average molecular weight is 247 g/mol. The topological polar surface area (TPSA) is 65.2 Å². The molecule has 0 radical (unpaired) electrons. The largest absolute Gasteiger partial charge is 0.294 e. The summed E-state index contributed by atoms with van der Waals surface area (Å²) in [6, 6.07) is 7.01. The molecule has 0 aliphatic carbocycles. The van der Waals surface area contributed by atoms with Crippen LogP contribution in [-0.4, -0.2) is 17.2 Å². The third-order valence-electron chi connectivity index (χ3n) is 2.10. The third kappa shape index (κ3) is 3.93. The number of thioether (sulfide) groups is 1. The van der Waals surface area contributed by atoms with E-state index in [4.69, 9.17) is 5.26 Å². The molecule has 1 aromatic carbocycles. The molecule has 0 bridgehead atoms. The second-order valence-corrected chi connectivity index (χ2v) is 3.98. The number of ketones is 1. The quantitative estimate of drug-likeness (QED) is 0.293. The number of carbonyl (C=O) groups excluding carboxylic acids is 1. The molecule has 0 atom stereocenters. The number of Topliss-reactive ketones (excluding diaryl/α,β-unsaturated/α-hetero) is 1. The van der Waals surface area contributed by atoms with E-state index in [0.29, 0.717) is 22.8 Å². The van der Waals surface area contributed by atoms with Crippen LogP contribution in [0.15, 0.2) is 29.3 Å². The number of hydrogen-bond donors (Lipinski definition) is 1. The first kappa shape index (κ1) is 13.3. The molecule has 0 aliphatic heterocycles. The van der Waals surface area contributed by atoms with Crippen molar-refractivity contribution in [1.82, 2.24) is 5.32 Å². The van der Waals surface area contributed by atoms with Crippen LogP contribution in [0.5, 0.6) is 0 Å². The molecule has 1 rings (SSSR count). The summed E-state index contributed by atoms with van der Waals surface area (Å²) in [4.78, 5) is 15.6. The molecule has 0 saturated heterocycles. The number of aliphatic imine (C=N–C) groups is 1. The molecule has 0 unspecified atom stereocenters. The van der Waals surface area contributed by atoms with Crippen molar-refractivity contribution in [3.63, 3.8) is 0 Å². The Morgan fingerprint density at radius 2 is 2.12 bits per heavy atom. The van der Waals surface area contributed by atoms with Crippen molar-refractivity contribution in [3.8, 4) is 6.19 Å². The van der Waals surface area contributed by atoms with Gasteiger partial charge in [-0.1, -0.05) is 18.7 Å². The zero-order chi connectivity index (χ0) is 12.7. The van der Waals surface area contributed by atoms with Gasteiger partial charge in [-0.15, -0.1) is 0 Å². The zero-order valence-corrected chi connectivity index (χ0v) is 10.5. The number of nitrogens with one attached hydrogen (secondary N) is 1. The molecule has 17 heavy (non-hydrogen) atoms. The summed E-state index contributed by atoms with van der Waals surface area (Å²) in [6.45, 7) is 1.83. The second-order valence-electron chi connectivity index (χ2n) is 3.18. The molecule has 0 aliphatic rings. The maximum Gasteiger partial charge on any atom is 0.183 e. The van der Waals surface area contributed by atoms with Gasteiger partial charge in [0, 0.05) is 12.0 Å². The number of hydrogen-bond acceptors (Lipinski definition) is 4. The Morgan fingerprint density at radius 1 is 1.47 bits per heavy atom. The van der Waals surface area contributed by atoms with E-state index in [2.05, 4.69) is 10.3 Å². The Bertz CT molecular complexity index is 460. The van der Waals surface area contributed by atoms with Gasteiger partial charge in [-0.05, 0) is 30.5 Å². The molecule has 4 nitrogen and oxygen atoms in total. The highest BCUT2D eigenvalue weighted by Gasteiger charge is 2.02. The van der Waals surface area contributed by atoms with Gasteiger partial charge in [0.1, 0.15) is 0 Å². The monoisotopic (exact) mass is 247 g/mol. The van der Waals surface area contributed by atoms with Gasteiger partial charge < -0.3 is 0 Å². The normalized spacial score (nSPS) is 10.8. The predicted octanol–water partition coefficient (Wildman–Crippen LogP) is 2.70. The lowest BCUT2D eigenvalue weighted by molar-refractivity contribution is 0.0988. The van der Waals surface area contributed by atoms with Crippen LogP contribution >= 0.6 is 11.8 Å². The van der Waals surface area contributed by atoms with Crippen LogP contribution in [-0.2, 0) is 0 Å². The lowest BCUT2D eigenvalue weighted by Gasteiger charge is -2.01. The number of amidine groups is 1. The third-order valence-corrected chi connectivity index (χ3v) is 2.68. The highest BCUT2D eigenvalue weighted by atomic mass is 32.2. The smallest absolute Gasteiger partial charge is 0.183 e. The SMILES string of the molecule is CCC(=O)c1ccc(N=C(NC#N)SC)cc1. The minimum Gasteiger partial charge on any atom is -0.294 e. The molecule has 0 saturated carbocycles. The highest BCUT2D eigenvalue weighted by Crippen LogP contribution is 2.15. The summed E-state index contributed by atoms with van der Waals surface area (Å²) in [7, 11) is 0. The van der Waals surface area contributed by atoms with Gasteiger partial charge in [0.2, 0.25) is 0 Å². The number of carbonyl (C=O) groups is 1. The maximum atomic E-state index is 11.4. The molecule has 88 valence electrons. The Morgan fingerprint density at radius 3 is 2.59 bits per heavy atom. The Hall–Kier alpha value is -1.80. The van der Waals surface area contributed by atoms with Crippen LogP contribution in [0.1, 0.15) is 23.7 Å². The fourth-order valence-corrected chi connectivity index (χ4v) is 1.56. The minimum atomic E-state index is 0.112. The van der Waals surface area contributed by atoms with E-state index in [1.54, 1.807) is 24.3 Å². The summed E-state index contributed by atoms with van der Waals surface area (Å²) in [6.07, 6.45) is 4.15. The Labute approximate surface area is 105 Å². The summed E-state index contributed by atoms with van der Waals surface area (Å²) >= 11 is 1.35. The van der Waals surface area contributed by atoms with Crippen molar-refractivity contribution >= 4 is 28.4 Å². The number of nitriles is 1. The highest BCUT2D eigenvalue weighted by molar-refractivity contribution is 8.13. The summed E-state index contributed by atoms with van der Waals surface area (Å²) in [5, 5.41) is 11.5. The van der Waals surface area contributed by atoms with E-state index in [1.807, 2.05) is 19.4 Å². The zero-order valence-electron chi connectivity index (χ0n) is 9.73. The first-order valence-corrected chi connectivity index (χ1v) is 6.34. The van der Waals surface area contributed by atoms with Crippen molar-refractivity contribution in [2.24, 2.45) is 4.99 Å². The van der Waals surface area contributed by atoms with Crippen molar-refractivity contribution in [3.05, 3.63) is 29.8 Å². The van der Waals surface area contributed by atoms with Gasteiger partial charge in [0.15, 0.2) is 17.1 Å².